The van der Waals surface area contributed by atoms with Gasteiger partial charge in [0.2, 0.25) is 6.41 Å². The molecule has 0 aromatic carbocycles. The first-order chi connectivity index (χ1) is 5.06. The van der Waals surface area contributed by atoms with Gasteiger partial charge in [0.25, 0.3) is 0 Å². The number of likely N-dealkylation sites (tertiary alicyclic amines) is 1. The largest absolute Gasteiger partial charge is 0.344 e. The zero-order valence-electron chi connectivity index (χ0n) is 7.26. The van der Waals surface area contributed by atoms with Crippen LogP contribution in [0.3, 0.4) is 0 Å². The minimum Gasteiger partial charge on any atom is -0.344 e. The van der Waals surface area contributed by atoms with Crippen LogP contribution < -0.4 is 0 Å². The third kappa shape index (κ3) is 1.62. The van der Waals surface area contributed by atoms with Gasteiger partial charge in [0.15, 0.2) is 0 Å². The second-order valence-electron chi connectivity index (χ2n) is 3.81. The summed E-state index contributed by atoms with van der Waals surface area (Å²) < 4.78 is 0. The van der Waals surface area contributed by atoms with Crippen LogP contribution in [0.5, 0.6) is 0 Å². The van der Waals surface area contributed by atoms with Gasteiger partial charge >= 0.3 is 0 Å². The standard InChI is InChI=1S/C9H15NO/c1-8-4-5-10(7-11)6-9(8,2)3/h7H,1,4-6H2,2-3H3. The van der Waals surface area contributed by atoms with Crippen molar-refractivity contribution in [3.05, 3.63) is 12.2 Å². The van der Waals surface area contributed by atoms with Gasteiger partial charge in [-0.05, 0) is 6.42 Å². The Morgan fingerprint density at radius 3 is 2.73 bits per heavy atom. The highest BCUT2D eigenvalue weighted by molar-refractivity contribution is 5.48. The Morgan fingerprint density at radius 1 is 1.64 bits per heavy atom. The number of amides is 1. The molecule has 1 fully saturated rings. The molecule has 0 unspecified atom stereocenters. The molecule has 0 N–H and O–H groups in total. The van der Waals surface area contributed by atoms with Gasteiger partial charge in [0.1, 0.15) is 0 Å². The van der Waals surface area contributed by atoms with Crippen LogP contribution in [0.4, 0.5) is 0 Å². The van der Waals surface area contributed by atoms with Crippen LogP contribution >= 0.6 is 0 Å². The van der Waals surface area contributed by atoms with Crippen LogP contribution in [0.25, 0.3) is 0 Å². The van der Waals surface area contributed by atoms with Crippen LogP contribution in [-0.2, 0) is 4.79 Å². The van der Waals surface area contributed by atoms with Gasteiger partial charge in [0, 0.05) is 18.5 Å². The normalized spacial score (nSPS) is 23.5. The Morgan fingerprint density at radius 2 is 2.27 bits per heavy atom. The summed E-state index contributed by atoms with van der Waals surface area (Å²) in [5.41, 5.74) is 1.37. The first-order valence-electron chi connectivity index (χ1n) is 3.94. The number of nitrogens with zero attached hydrogens (tertiary/aromatic N) is 1. The van der Waals surface area contributed by atoms with Crippen molar-refractivity contribution in [2.24, 2.45) is 5.41 Å². The van der Waals surface area contributed by atoms with Crippen molar-refractivity contribution in [3.63, 3.8) is 0 Å². The van der Waals surface area contributed by atoms with Crippen LogP contribution in [-0.4, -0.2) is 24.4 Å². The zero-order valence-corrected chi connectivity index (χ0v) is 7.26. The molecule has 2 heteroatoms. The van der Waals surface area contributed by atoms with Crippen molar-refractivity contribution in [3.8, 4) is 0 Å². The van der Waals surface area contributed by atoms with E-state index in [-0.39, 0.29) is 5.41 Å². The summed E-state index contributed by atoms with van der Waals surface area (Å²) in [5, 5.41) is 0. The third-order valence-electron chi connectivity index (χ3n) is 2.41. The van der Waals surface area contributed by atoms with E-state index in [9.17, 15) is 4.79 Å². The molecule has 1 heterocycles. The van der Waals surface area contributed by atoms with Crippen LogP contribution in [0.2, 0.25) is 0 Å². The Balaban J connectivity index is 2.66. The number of carbonyl (C=O) groups excluding carboxylic acids is 1. The van der Waals surface area contributed by atoms with E-state index in [1.165, 1.54) is 5.57 Å². The fourth-order valence-corrected chi connectivity index (χ4v) is 1.41. The first-order valence-corrected chi connectivity index (χ1v) is 3.94. The molecule has 0 aromatic rings. The van der Waals surface area contributed by atoms with Crippen molar-refractivity contribution < 1.29 is 4.79 Å². The van der Waals surface area contributed by atoms with Crippen molar-refractivity contribution in [1.29, 1.82) is 0 Å². The molecule has 0 aromatic heterocycles. The predicted octanol–water partition coefficient (Wildman–Crippen LogP) is 1.43. The van der Waals surface area contributed by atoms with Crippen molar-refractivity contribution in [2.45, 2.75) is 20.3 Å². The molecule has 1 amide bonds. The van der Waals surface area contributed by atoms with Crippen molar-refractivity contribution in [2.75, 3.05) is 13.1 Å². The van der Waals surface area contributed by atoms with Crippen LogP contribution in [0, 0.1) is 5.41 Å². The highest BCUT2D eigenvalue weighted by Gasteiger charge is 2.28. The number of carbonyl (C=O) groups is 1. The Labute approximate surface area is 67.9 Å². The zero-order chi connectivity index (χ0) is 8.48. The topological polar surface area (TPSA) is 20.3 Å². The maximum atomic E-state index is 10.5. The lowest BCUT2D eigenvalue weighted by Gasteiger charge is -2.37. The van der Waals surface area contributed by atoms with E-state index in [4.69, 9.17) is 0 Å². The van der Waals surface area contributed by atoms with E-state index in [2.05, 4.69) is 20.4 Å². The average molecular weight is 153 g/mol. The molecule has 11 heavy (non-hydrogen) atoms. The molecule has 0 bridgehead atoms. The summed E-state index contributed by atoms with van der Waals surface area (Å²) in [7, 11) is 0. The number of hydrogen-bond acceptors (Lipinski definition) is 1. The molecule has 1 rings (SSSR count). The maximum Gasteiger partial charge on any atom is 0.209 e. The van der Waals surface area contributed by atoms with Crippen molar-refractivity contribution in [1.82, 2.24) is 4.90 Å². The SMILES string of the molecule is C=C1CCN(C=O)CC1(C)C. The smallest absolute Gasteiger partial charge is 0.209 e. The molecule has 0 radical (unpaired) electrons. The maximum absolute atomic E-state index is 10.5. The molecule has 62 valence electrons. The summed E-state index contributed by atoms with van der Waals surface area (Å²) in [6, 6.07) is 0. The summed E-state index contributed by atoms with van der Waals surface area (Å²) in [6.07, 6.45) is 1.87. The summed E-state index contributed by atoms with van der Waals surface area (Å²) in [5.74, 6) is 0. The second kappa shape index (κ2) is 2.68. The lowest BCUT2D eigenvalue weighted by Crippen LogP contribution is -2.40. The van der Waals surface area contributed by atoms with E-state index in [0.717, 1.165) is 25.9 Å². The molecule has 2 nitrogen and oxygen atoms in total. The van der Waals surface area contributed by atoms with E-state index >= 15 is 0 Å². The number of rotatable bonds is 1. The molecular weight excluding hydrogens is 138 g/mol. The highest BCUT2D eigenvalue weighted by atomic mass is 16.1. The van der Waals surface area contributed by atoms with E-state index in [0.29, 0.717) is 0 Å². The second-order valence-corrected chi connectivity index (χ2v) is 3.81. The molecule has 0 spiro atoms. The summed E-state index contributed by atoms with van der Waals surface area (Å²) >= 11 is 0. The Hall–Kier alpha value is -0.790. The average Bonchev–Trinajstić information content (AvgIpc) is 1.95. The molecule has 1 aliphatic heterocycles. The van der Waals surface area contributed by atoms with E-state index < -0.39 is 0 Å². The van der Waals surface area contributed by atoms with Gasteiger partial charge in [-0.1, -0.05) is 26.0 Å². The Bertz CT molecular complexity index is 184. The van der Waals surface area contributed by atoms with E-state index in [1.54, 1.807) is 0 Å². The minimum atomic E-state index is 0.110. The molecule has 0 saturated carbocycles. The lowest BCUT2D eigenvalue weighted by molar-refractivity contribution is -0.119. The molecule has 1 saturated heterocycles. The highest BCUT2D eigenvalue weighted by Crippen LogP contribution is 2.31. The van der Waals surface area contributed by atoms with Gasteiger partial charge in [-0.3, -0.25) is 4.79 Å². The molecule has 1 aliphatic rings. The molecule has 0 atom stereocenters. The lowest BCUT2D eigenvalue weighted by atomic mass is 9.80. The number of hydrogen-bond donors (Lipinski definition) is 0. The molecule has 0 aliphatic carbocycles. The fraction of sp³-hybridized carbons (Fsp3) is 0.667. The van der Waals surface area contributed by atoms with Gasteiger partial charge in [0.05, 0.1) is 0 Å². The third-order valence-corrected chi connectivity index (χ3v) is 2.41. The van der Waals surface area contributed by atoms with Crippen LogP contribution in [0.1, 0.15) is 20.3 Å². The fourth-order valence-electron chi connectivity index (χ4n) is 1.41. The van der Waals surface area contributed by atoms with Gasteiger partial charge in [-0.15, -0.1) is 0 Å². The summed E-state index contributed by atoms with van der Waals surface area (Å²) in [6.45, 7) is 9.91. The van der Waals surface area contributed by atoms with Gasteiger partial charge < -0.3 is 4.90 Å². The first kappa shape index (κ1) is 8.31. The summed E-state index contributed by atoms with van der Waals surface area (Å²) in [4.78, 5) is 12.3. The monoisotopic (exact) mass is 153 g/mol. The Kier molecular flexibility index (Phi) is 2.03. The minimum absolute atomic E-state index is 0.110. The van der Waals surface area contributed by atoms with E-state index in [1.807, 2.05) is 4.90 Å². The predicted molar refractivity (Wildman–Crippen MR) is 45.2 cm³/mol. The van der Waals surface area contributed by atoms with Crippen LogP contribution in [0.15, 0.2) is 12.2 Å². The van der Waals surface area contributed by atoms with Gasteiger partial charge in [-0.25, -0.2) is 0 Å². The number of piperidine rings is 1. The van der Waals surface area contributed by atoms with Gasteiger partial charge in [-0.2, -0.15) is 0 Å². The molecular formula is C9H15NO. The quantitative estimate of drug-likeness (QED) is 0.412. The van der Waals surface area contributed by atoms with Crippen molar-refractivity contribution >= 4 is 6.41 Å².